The van der Waals surface area contributed by atoms with Crippen molar-refractivity contribution in [1.82, 2.24) is 4.31 Å². The summed E-state index contributed by atoms with van der Waals surface area (Å²) in [5.41, 5.74) is 1.51. The van der Waals surface area contributed by atoms with Gasteiger partial charge < -0.3 is 0 Å². The first-order valence-corrected chi connectivity index (χ1v) is 4.46. The lowest BCUT2D eigenvalue weighted by Gasteiger charge is -2.22. The Labute approximate surface area is 61.3 Å². The maximum Gasteiger partial charge on any atom is 0.0297 e. The molecule has 0 bridgehead atoms. The van der Waals surface area contributed by atoms with Crippen LogP contribution < -0.4 is 0 Å². The summed E-state index contributed by atoms with van der Waals surface area (Å²) in [6.45, 7) is 4.57. The number of nitrogens with zero attached hydrogens (tertiary/aromatic N) is 1. The molecule has 52 valence electrons. The molecule has 0 radical (unpaired) electrons. The van der Waals surface area contributed by atoms with Gasteiger partial charge in [-0.15, -0.1) is 0 Å². The van der Waals surface area contributed by atoms with Gasteiger partial charge in [0.2, 0.25) is 0 Å². The van der Waals surface area contributed by atoms with E-state index in [4.69, 9.17) is 0 Å². The predicted molar refractivity (Wildman–Crippen MR) is 43.5 cm³/mol. The molecule has 1 aliphatic rings. The van der Waals surface area contributed by atoms with Gasteiger partial charge in [0.25, 0.3) is 0 Å². The quantitative estimate of drug-likeness (QED) is 0.407. The van der Waals surface area contributed by atoms with Gasteiger partial charge >= 0.3 is 0 Å². The molecular weight excluding hydrogens is 130 g/mol. The van der Waals surface area contributed by atoms with Gasteiger partial charge in [-0.25, -0.2) is 4.31 Å². The Kier molecular flexibility index (Phi) is 2.61. The molecule has 0 atom stereocenters. The fraction of sp³-hybridized carbons (Fsp3) is 0.714. The number of hydrogen-bond acceptors (Lipinski definition) is 2. The summed E-state index contributed by atoms with van der Waals surface area (Å²) >= 11 is 1.84. The molecule has 0 N–H and O–H groups in total. The minimum absolute atomic E-state index is 1.15. The van der Waals surface area contributed by atoms with E-state index in [9.17, 15) is 0 Å². The molecule has 0 aromatic rings. The summed E-state index contributed by atoms with van der Waals surface area (Å²) in [5.74, 6) is 0. The van der Waals surface area contributed by atoms with Gasteiger partial charge in [0.15, 0.2) is 0 Å². The average molecular weight is 143 g/mol. The molecular formula is C7H13NS. The Balaban J connectivity index is 2.39. The summed E-state index contributed by atoms with van der Waals surface area (Å²) < 4.78 is 2.38. The van der Waals surface area contributed by atoms with Gasteiger partial charge in [-0.3, -0.25) is 0 Å². The molecule has 0 unspecified atom stereocenters. The summed E-state index contributed by atoms with van der Waals surface area (Å²) in [6.07, 6.45) is 5.69. The normalized spacial score (nSPS) is 21.8. The fourth-order valence-electron chi connectivity index (χ4n) is 1.03. The second-order valence-electron chi connectivity index (χ2n) is 2.39. The van der Waals surface area contributed by atoms with Gasteiger partial charge in [-0.2, -0.15) is 0 Å². The molecule has 0 aliphatic carbocycles. The molecule has 1 rings (SSSR count). The maximum absolute atomic E-state index is 2.38. The topological polar surface area (TPSA) is 3.24 Å². The van der Waals surface area contributed by atoms with Crippen molar-refractivity contribution < 1.29 is 0 Å². The number of hydrogen-bond donors (Lipinski definition) is 0. The third-order valence-corrected chi connectivity index (χ3v) is 2.38. The van der Waals surface area contributed by atoms with Crippen molar-refractivity contribution in [1.29, 1.82) is 0 Å². The lowest BCUT2D eigenvalue weighted by atomic mass is 10.2. The first-order chi connectivity index (χ1) is 4.33. The standard InChI is InChI=1S/C7H13NS/c1-7-4-3-5-8(6-7)9-2/h4H,3,5-6H2,1-2H3. The van der Waals surface area contributed by atoms with Crippen molar-refractivity contribution in [3.8, 4) is 0 Å². The molecule has 1 aliphatic heterocycles. The lowest BCUT2D eigenvalue weighted by Crippen LogP contribution is -2.21. The van der Waals surface area contributed by atoms with E-state index in [0.29, 0.717) is 0 Å². The molecule has 2 heteroatoms. The molecule has 1 nitrogen and oxygen atoms in total. The van der Waals surface area contributed by atoms with Crippen molar-refractivity contribution in [2.24, 2.45) is 0 Å². The smallest absolute Gasteiger partial charge is 0.0297 e. The monoisotopic (exact) mass is 143 g/mol. The van der Waals surface area contributed by atoms with Crippen LogP contribution in [-0.4, -0.2) is 23.7 Å². The highest BCUT2D eigenvalue weighted by molar-refractivity contribution is 7.96. The van der Waals surface area contributed by atoms with Crippen LogP contribution in [0.3, 0.4) is 0 Å². The molecule has 0 aromatic carbocycles. The van der Waals surface area contributed by atoms with E-state index in [1.807, 2.05) is 11.9 Å². The van der Waals surface area contributed by atoms with Crippen molar-refractivity contribution in [3.05, 3.63) is 11.6 Å². The van der Waals surface area contributed by atoms with E-state index in [2.05, 4.69) is 23.6 Å². The van der Waals surface area contributed by atoms with Crippen LogP contribution in [0.2, 0.25) is 0 Å². The van der Waals surface area contributed by atoms with Crippen LogP contribution in [0.4, 0.5) is 0 Å². The second-order valence-corrected chi connectivity index (χ2v) is 3.27. The van der Waals surface area contributed by atoms with Crippen LogP contribution in [0.25, 0.3) is 0 Å². The molecule has 0 fully saturated rings. The Morgan fingerprint density at radius 3 is 2.89 bits per heavy atom. The highest BCUT2D eigenvalue weighted by Gasteiger charge is 2.06. The largest absolute Gasteiger partial charge is 0.246 e. The summed E-state index contributed by atoms with van der Waals surface area (Å²) in [6, 6.07) is 0. The number of rotatable bonds is 1. The van der Waals surface area contributed by atoms with E-state index in [-0.39, 0.29) is 0 Å². The third-order valence-electron chi connectivity index (χ3n) is 1.56. The van der Waals surface area contributed by atoms with E-state index < -0.39 is 0 Å². The minimum atomic E-state index is 1.15. The fourth-order valence-corrected chi connectivity index (χ4v) is 1.65. The van der Waals surface area contributed by atoms with E-state index in [1.165, 1.54) is 18.5 Å². The van der Waals surface area contributed by atoms with E-state index >= 15 is 0 Å². The Hall–Kier alpha value is 0.0500. The highest BCUT2D eigenvalue weighted by atomic mass is 32.2. The van der Waals surface area contributed by atoms with Crippen LogP contribution in [0.15, 0.2) is 11.6 Å². The van der Waals surface area contributed by atoms with Gasteiger partial charge in [0.1, 0.15) is 0 Å². The molecule has 0 saturated heterocycles. The van der Waals surface area contributed by atoms with Crippen molar-refractivity contribution in [3.63, 3.8) is 0 Å². The summed E-state index contributed by atoms with van der Waals surface area (Å²) in [5, 5.41) is 0. The average Bonchev–Trinajstić information content (AvgIpc) is 1.88. The van der Waals surface area contributed by atoms with Crippen LogP contribution in [0, 0.1) is 0 Å². The Morgan fingerprint density at radius 2 is 2.44 bits per heavy atom. The molecule has 1 heterocycles. The first-order valence-electron chi connectivity index (χ1n) is 3.27. The predicted octanol–water partition coefficient (Wildman–Crippen LogP) is 1.92. The SMILES string of the molecule is CSN1CCC=C(C)C1. The van der Waals surface area contributed by atoms with Crippen molar-refractivity contribution >= 4 is 11.9 Å². The van der Waals surface area contributed by atoms with E-state index in [1.54, 1.807) is 0 Å². The molecule has 0 saturated carbocycles. The maximum atomic E-state index is 2.38. The van der Waals surface area contributed by atoms with Crippen molar-refractivity contribution in [2.75, 3.05) is 19.3 Å². The molecule has 0 aromatic heterocycles. The minimum Gasteiger partial charge on any atom is -0.246 e. The van der Waals surface area contributed by atoms with Gasteiger partial charge in [0.05, 0.1) is 0 Å². The zero-order valence-corrected chi connectivity index (χ0v) is 6.87. The molecule has 0 amide bonds. The Bertz CT molecular complexity index is 120. The Morgan fingerprint density at radius 1 is 1.67 bits per heavy atom. The van der Waals surface area contributed by atoms with Crippen LogP contribution in [0.1, 0.15) is 13.3 Å². The van der Waals surface area contributed by atoms with Gasteiger partial charge in [-0.1, -0.05) is 23.6 Å². The molecule has 9 heavy (non-hydrogen) atoms. The summed E-state index contributed by atoms with van der Waals surface area (Å²) in [4.78, 5) is 0. The summed E-state index contributed by atoms with van der Waals surface area (Å²) in [7, 11) is 0. The lowest BCUT2D eigenvalue weighted by molar-refractivity contribution is 0.496. The van der Waals surface area contributed by atoms with Crippen molar-refractivity contribution in [2.45, 2.75) is 13.3 Å². The van der Waals surface area contributed by atoms with Crippen LogP contribution >= 0.6 is 11.9 Å². The third kappa shape index (κ3) is 2.03. The van der Waals surface area contributed by atoms with Crippen LogP contribution in [-0.2, 0) is 0 Å². The second kappa shape index (κ2) is 3.28. The zero-order valence-electron chi connectivity index (χ0n) is 6.05. The van der Waals surface area contributed by atoms with Gasteiger partial charge in [0, 0.05) is 13.1 Å². The van der Waals surface area contributed by atoms with Gasteiger partial charge in [-0.05, 0) is 19.6 Å². The zero-order chi connectivity index (χ0) is 6.69. The molecule has 0 spiro atoms. The first kappa shape index (κ1) is 7.16. The van der Waals surface area contributed by atoms with Crippen LogP contribution in [0.5, 0.6) is 0 Å². The van der Waals surface area contributed by atoms with E-state index in [0.717, 1.165) is 6.54 Å². The highest BCUT2D eigenvalue weighted by Crippen LogP contribution is 2.14.